The molecule has 0 spiro atoms. The Balaban J connectivity index is 2.69. The molecule has 2 aromatic rings. The van der Waals surface area contributed by atoms with Crippen LogP contribution in [0.25, 0.3) is 10.9 Å². The van der Waals surface area contributed by atoms with Crippen molar-refractivity contribution in [3.8, 4) is 5.75 Å². The van der Waals surface area contributed by atoms with Crippen molar-refractivity contribution in [3.05, 3.63) is 30.2 Å². The van der Waals surface area contributed by atoms with Crippen molar-refractivity contribution in [2.75, 3.05) is 7.11 Å². The number of benzene rings is 1. The van der Waals surface area contributed by atoms with Crippen molar-refractivity contribution in [1.82, 2.24) is 9.97 Å². The van der Waals surface area contributed by atoms with Crippen LogP contribution in [-0.4, -0.2) is 28.2 Å². The Bertz CT molecular complexity index is 525. The van der Waals surface area contributed by atoms with Gasteiger partial charge < -0.3 is 9.84 Å². The number of hydrogen-bond donors (Lipinski definition) is 1. The highest BCUT2D eigenvalue weighted by atomic mass is 16.5. The maximum atomic E-state index is 10.6. The van der Waals surface area contributed by atoms with Gasteiger partial charge in [-0.2, -0.15) is 0 Å². The summed E-state index contributed by atoms with van der Waals surface area (Å²) in [6.45, 7) is 0. The highest BCUT2D eigenvalue weighted by Crippen LogP contribution is 2.22. The first-order valence-corrected chi connectivity index (χ1v) is 4.25. The second kappa shape index (κ2) is 3.53. The van der Waals surface area contributed by atoms with E-state index in [2.05, 4.69) is 9.97 Å². The monoisotopic (exact) mass is 204 g/mol. The van der Waals surface area contributed by atoms with Gasteiger partial charge in [0.2, 0.25) is 5.82 Å². The van der Waals surface area contributed by atoms with Crippen LogP contribution in [0.2, 0.25) is 0 Å². The van der Waals surface area contributed by atoms with Crippen LogP contribution in [-0.2, 0) is 0 Å². The second-order valence-electron chi connectivity index (χ2n) is 2.89. The molecule has 2 rings (SSSR count). The maximum Gasteiger partial charge on any atom is 0.373 e. The lowest BCUT2D eigenvalue weighted by Gasteiger charge is -2.03. The minimum absolute atomic E-state index is 0.212. The largest absolute Gasteiger partial charge is 0.496 e. The molecule has 1 aromatic carbocycles. The molecule has 0 radical (unpaired) electrons. The van der Waals surface area contributed by atoms with Gasteiger partial charge in [0.05, 0.1) is 18.0 Å². The Hall–Kier alpha value is -2.17. The lowest BCUT2D eigenvalue weighted by Crippen LogP contribution is -2.03. The van der Waals surface area contributed by atoms with E-state index in [1.807, 2.05) is 0 Å². The summed E-state index contributed by atoms with van der Waals surface area (Å²) in [6, 6.07) is 5.23. The summed E-state index contributed by atoms with van der Waals surface area (Å²) in [7, 11) is 1.54. The molecule has 0 aliphatic heterocycles. The Morgan fingerprint density at radius 3 is 2.93 bits per heavy atom. The minimum atomic E-state index is -1.14. The Kier molecular flexibility index (Phi) is 2.21. The average molecular weight is 204 g/mol. The molecule has 5 nitrogen and oxygen atoms in total. The molecule has 1 N–H and O–H groups in total. The van der Waals surface area contributed by atoms with E-state index in [4.69, 9.17) is 9.84 Å². The molecule has 0 aliphatic carbocycles. The highest BCUT2D eigenvalue weighted by molar-refractivity contribution is 5.89. The van der Waals surface area contributed by atoms with Gasteiger partial charge in [0, 0.05) is 6.20 Å². The SMILES string of the molecule is COc1cccc2nc(C(=O)O)ncc12. The van der Waals surface area contributed by atoms with Gasteiger partial charge in [0.15, 0.2) is 0 Å². The van der Waals surface area contributed by atoms with E-state index in [9.17, 15) is 4.79 Å². The normalized spacial score (nSPS) is 10.2. The standard InChI is InChI=1S/C10H8N2O3/c1-15-8-4-2-3-7-6(8)5-11-9(12-7)10(13)14/h2-5H,1H3,(H,13,14). The van der Waals surface area contributed by atoms with Crippen LogP contribution in [0.15, 0.2) is 24.4 Å². The van der Waals surface area contributed by atoms with Crippen LogP contribution in [0.5, 0.6) is 5.75 Å². The molecule has 0 atom stereocenters. The predicted molar refractivity (Wildman–Crippen MR) is 53.0 cm³/mol. The van der Waals surface area contributed by atoms with E-state index < -0.39 is 5.97 Å². The predicted octanol–water partition coefficient (Wildman–Crippen LogP) is 1.34. The van der Waals surface area contributed by atoms with Crippen molar-refractivity contribution in [1.29, 1.82) is 0 Å². The van der Waals surface area contributed by atoms with Gasteiger partial charge in [-0.05, 0) is 12.1 Å². The van der Waals surface area contributed by atoms with Crippen LogP contribution < -0.4 is 4.74 Å². The Morgan fingerprint density at radius 2 is 2.27 bits per heavy atom. The zero-order valence-electron chi connectivity index (χ0n) is 7.97. The Labute approximate surface area is 85.4 Å². The van der Waals surface area contributed by atoms with E-state index in [0.717, 1.165) is 0 Å². The van der Waals surface area contributed by atoms with Crippen LogP contribution in [0.1, 0.15) is 10.6 Å². The van der Waals surface area contributed by atoms with Gasteiger partial charge in [-0.15, -0.1) is 0 Å². The topological polar surface area (TPSA) is 72.3 Å². The molecule has 15 heavy (non-hydrogen) atoms. The third-order valence-corrected chi connectivity index (χ3v) is 2.00. The summed E-state index contributed by atoms with van der Waals surface area (Å²) in [6.07, 6.45) is 1.45. The quantitative estimate of drug-likeness (QED) is 0.799. The molecular formula is C10H8N2O3. The second-order valence-corrected chi connectivity index (χ2v) is 2.89. The van der Waals surface area contributed by atoms with Crippen LogP contribution >= 0.6 is 0 Å². The van der Waals surface area contributed by atoms with E-state index >= 15 is 0 Å². The lowest BCUT2D eigenvalue weighted by molar-refractivity contribution is 0.0684. The number of ether oxygens (including phenoxy) is 1. The third kappa shape index (κ3) is 1.59. The number of rotatable bonds is 2. The van der Waals surface area contributed by atoms with Gasteiger partial charge in [-0.3, -0.25) is 0 Å². The van der Waals surface area contributed by atoms with Crippen molar-refractivity contribution < 1.29 is 14.6 Å². The summed E-state index contributed by atoms with van der Waals surface area (Å²) >= 11 is 0. The number of aromatic carboxylic acids is 1. The molecule has 5 heteroatoms. The van der Waals surface area contributed by atoms with Crippen molar-refractivity contribution >= 4 is 16.9 Å². The van der Waals surface area contributed by atoms with E-state index in [0.29, 0.717) is 16.7 Å². The van der Waals surface area contributed by atoms with E-state index in [1.54, 1.807) is 25.3 Å². The molecule has 0 saturated carbocycles. The number of aromatic nitrogens is 2. The smallest absolute Gasteiger partial charge is 0.373 e. The number of carboxylic acid groups (broad SMARTS) is 1. The first-order chi connectivity index (χ1) is 7.22. The van der Waals surface area contributed by atoms with Gasteiger partial charge in [0.1, 0.15) is 5.75 Å². The fraction of sp³-hybridized carbons (Fsp3) is 0.100. The van der Waals surface area contributed by atoms with Crippen LogP contribution in [0, 0.1) is 0 Å². The molecule has 76 valence electrons. The summed E-state index contributed by atoms with van der Waals surface area (Å²) in [4.78, 5) is 18.3. The summed E-state index contributed by atoms with van der Waals surface area (Å²) in [5.74, 6) is -0.722. The number of carbonyl (C=O) groups is 1. The minimum Gasteiger partial charge on any atom is -0.496 e. The number of carboxylic acids is 1. The number of methoxy groups -OCH3 is 1. The van der Waals surface area contributed by atoms with E-state index in [-0.39, 0.29) is 5.82 Å². The molecule has 0 amide bonds. The lowest BCUT2D eigenvalue weighted by atomic mass is 10.2. The van der Waals surface area contributed by atoms with Crippen LogP contribution in [0.3, 0.4) is 0 Å². The zero-order chi connectivity index (χ0) is 10.8. The molecule has 0 aliphatic rings. The molecule has 0 bridgehead atoms. The number of fused-ring (bicyclic) bond motifs is 1. The molecule has 0 fully saturated rings. The summed E-state index contributed by atoms with van der Waals surface area (Å²) < 4.78 is 5.10. The van der Waals surface area contributed by atoms with Crippen molar-refractivity contribution in [2.24, 2.45) is 0 Å². The van der Waals surface area contributed by atoms with Gasteiger partial charge in [-0.25, -0.2) is 14.8 Å². The first kappa shape index (κ1) is 9.39. The third-order valence-electron chi connectivity index (χ3n) is 2.00. The molecule has 1 aromatic heterocycles. The Morgan fingerprint density at radius 1 is 1.47 bits per heavy atom. The van der Waals surface area contributed by atoms with Gasteiger partial charge in [-0.1, -0.05) is 6.07 Å². The van der Waals surface area contributed by atoms with Crippen molar-refractivity contribution in [2.45, 2.75) is 0 Å². The molecular weight excluding hydrogens is 196 g/mol. The summed E-state index contributed by atoms with van der Waals surface area (Å²) in [5, 5.41) is 9.41. The van der Waals surface area contributed by atoms with Crippen LogP contribution in [0.4, 0.5) is 0 Å². The zero-order valence-corrected chi connectivity index (χ0v) is 7.97. The molecule has 0 saturated heterocycles. The highest BCUT2D eigenvalue weighted by Gasteiger charge is 2.09. The summed E-state index contributed by atoms with van der Waals surface area (Å²) in [5.41, 5.74) is 0.557. The van der Waals surface area contributed by atoms with Gasteiger partial charge >= 0.3 is 5.97 Å². The van der Waals surface area contributed by atoms with Crippen molar-refractivity contribution in [3.63, 3.8) is 0 Å². The van der Waals surface area contributed by atoms with Gasteiger partial charge in [0.25, 0.3) is 0 Å². The fourth-order valence-corrected chi connectivity index (χ4v) is 1.31. The first-order valence-electron chi connectivity index (χ1n) is 4.25. The molecule has 0 unspecified atom stereocenters. The number of hydrogen-bond acceptors (Lipinski definition) is 4. The molecule has 1 heterocycles. The average Bonchev–Trinajstić information content (AvgIpc) is 2.27. The number of nitrogens with zero attached hydrogens (tertiary/aromatic N) is 2. The van der Waals surface area contributed by atoms with E-state index in [1.165, 1.54) is 6.20 Å². The fourth-order valence-electron chi connectivity index (χ4n) is 1.31. The maximum absolute atomic E-state index is 10.6.